The topological polar surface area (TPSA) is 55.4 Å². The van der Waals surface area contributed by atoms with Crippen LogP contribution in [-0.4, -0.2) is 72.4 Å². The van der Waals surface area contributed by atoms with Crippen molar-refractivity contribution in [2.45, 2.75) is 64.0 Å². The van der Waals surface area contributed by atoms with Crippen molar-refractivity contribution in [2.75, 3.05) is 27.4 Å². The molecule has 0 aromatic carbocycles. The van der Waals surface area contributed by atoms with Crippen LogP contribution in [-0.2, 0) is 28.2 Å². The molecule has 0 spiro atoms. The van der Waals surface area contributed by atoms with Crippen LogP contribution in [0, 0.1) is 0 Å². The Morgan fingerprint density at radius 3 is 2.52 bits per heavy atom. The van der Waals surface area contributed by atoms with Gasteiger partial charge in [0.2, 0.25) is 0 Å². The van der Waals surface area contributed by atoms with Crippen LogP contribution in [0.2, 0.25) is 0 Å². The molecule has 0 aromatic heterocycles. The molecule has 4 atom stereocenters. The second-order valence-electron chi connectivity index (χ2n) is 6.01. The van der Waals surface area contributed by atoms with E-state index in [1.807, 2.05) is 21.4 Å². The third kappa shape index (κ3) is 6.91. The van der Waals surface area contributed by atoms with E-state index in [-0.39, 0.29) is 6.10 Å². The number of hydrogen-bond donors (Lipinski definition) is 0. The van der Waals surface area contributed by atoms with E-state index in [1.165, 1.54) is 0 Å². The number of methoxy groups -OCH3 is 2. The first kappa shape index (κ1) is 21.2. The van der Waals surface area contributed by atoms with E-state index in [1.54, 1.807) is 14.2 Å². The molecule has 1 aliphatic rings. The molecular weight excluding hydrogens is 317 g/mol. The van der Waals surface area contributed by atoms with Gasteiger partial charge >= 0.3 is 142 Å². The van der Waals surface area contributed by atoms with Crippen LogP contribution in [0.4, 0.5) is 0 Å². The van der Waals surface area contributed by atoms with Crippen LogP contribution < -0.4 is 0 Å². The fourth-order valence-corrected chi connectivity index (χ4v) is 3.04. The molecule has 0 N–H and O–H groups in total. The van der Waals surface area contributed by atoms with Gasteiger partial charge in [-0.25, -0.2) is 0 Å². The molecule has 0 amide bonds. The third-order valence-corrected chi connectivity index (χ3v) is 4.13. The predicted molar refractivity (Wildman–Crippen MR) is 93.4 cm³/mol. The van der Waals surface area contributed by atoms with Crippen LogP contribution in [0.15, 0.2) is 0 Å². The summed E-state index contributed by atoms with van der Waals surface area (Å²) in [5.41, 5.74) is 0. The van der Waals surface area contributed by atoms with E-state index in [4.69, 9.17) is 35.2 Å². The van der Waals surface area contributed by atoms with Gasteiger partial charge in [-0.3, -0.25) is 0 Å². The standard InChI is InChI=1S/C14H29B2O6P/c1-6-7-8-19-10-9-20-14(2,3)21-11(10)12(22-23(15)16)13(17-4)18-5/h10-13H,6-9,15H2,1-5H3/t10-,11+,12+/m0/s1. The molecule has 0 aromatic rings. The summed E-state index contributed by atoms with van der Waals surface area (Å²) >= 11 is 0. The Morgan fingerprint density at radius 1 is 1.35 bits per heavy atom. The van der Waals surface area contributed by atoms with Crippen molar-refractivity contribution in [2.24, 2.45) is 0 Å². The zero-order valence-electron chi connectivity index (χ0n) is 15.1. The molecule has 132 valence electrons. The molecule has 0 aliphatic carbocycles. The summed E-state index contributed by atoms with van der Waals surface area (Å²) in [7, 11) is 9.73. The minimum absolute atomic E-state index is 0.262. The second-order valence-corrected chi connectivity index (χ2v) is 7.32. The summed E-state index contributed by atoms with van der Waals surface area (Å²) in [6.07, 6.45) is 0.289. The van der Waals surface area contributed by atoms with Crippen molar-refractivity contribution in [3.8, 4) is 0 Å². The van der Waals surface area contributed by atoms with Crippen molar-refractivity contribution in [1.29, 1.82) is 0 Å². The van der Waals surface area contributed by atoms with Gasteiger partial charge in [-0.05, 0) is 0 Å². The molecule has 1 heterocycles. The van der Waals surface area contributed by atoms with Gasteiger partial charge in [-0.1, -0.05) is 0 Å². The summed E-state index contributed by atoms with van der Waals surface area (Å²) < 4.78 is 34.4. The Labute approximate surface area is 142 Å². The molecule has 0 bridgehead atoms. The Bertz CT molecular complexity index is 410. The number of rotatable bonds is 9. The summed E-state index contributed by atoms with van der Waals surface area (Å²) in [4.78, 5) is 0. The summed E-state index contributed by atoms with van der Waals surface area (Å²) in [6.45, 7) is 6.92. The van der Waals surface area contributed by atoms with Gasteiger partial charge in [0.15, 0.2) is 0 Å². The van der Waals surface area contributed by atoms with Crippen LogP contribution in [0.3, 0.4) is 0 Å². The van der Waals surface area contributed by atoms with Crippen LogP contribution >= 0.6 is 7.34 Å². The van der Waals surface area contributed by atoms with Crippen molar-refractivity contribution < 1.29 is 28.2 Å². The van der Waals surface area contributed by atoms with Gasteiger partial charge in [0.25, 0.3) is 0 Å². The molecule has 1 rings (SSSR count). The van der Waals surface area contributed by atoms with Gasteiger partial charge in [-0.2, -0.15) is 0 Å². The van der Waals surface area contributed by atoms with Gasteiger partial charge in [0, 0.05) is 0 Å². The van der Waals surface area contributed by atoms with E-state index in [0.717, 1.165) is 12.8 Å². The van der Waals surface area contributed by atoms with Crippen LogP contribution in [0.5, 0.6) is 0 Å². The van der Waals surface area contributed by atoms with Crippen molar-refractivity contribution in [3.63, 3.8) is 0 Å². The first-order valence-corrected chi connectivity index (χ1v) is 9.76. The molecule has 1 fully saturated rings. The summed E-state index contributed by atoms with van der Waals surface area (Å²) in [5, 5.41) is 0. The van der Waals surface area contributed by atoms with E-state index in [9.17, 15) is 0 Å². The molecule has 6 nitrogen and oxygen atoms in total. The molecule has 0 saturated carbocycles. The molecule has 9 heteroatoms. The third-order valence-electron chi connectivity index (χ3n) is 3.56. The molecular formula is C14H29B2O6P. The Morgan fingerprint density at radius 2 is 2.00 bits per heavy atom. The fraction of sp³-hybridized carbons (Fsp3) is 1.00. The average Bonchev–Trinajstić information content (AvgIpc) is 2.48. The number of hydrogen-bond acceptors (Lipinski definition) is 6. The monoisotopic (exact) mass is 346 g/mol. The summed E-state index contributed by atoms with van der Waals surface area (Å²) in [5.74, 6) is -0.728. The average molecular weight is 346 g/mol. The quantitative estimate of drug-likeness (QED) is 0.272. The number of unbranched alkanes of at least 4 members (excludes halogenated alkanes) is 1. The maximum absolute atomic E-state index is 6.09. The van der Waals surface area contributed by atoms with E-state index >= 15 is 0 Å². The molecule has 1 saturated heterocycles. The minimum atomic E-state index is -1.11. The van der Waals surface area contributed by atoms with Gasteiger partial charge < -0.3 is 0 Å². The molecule has 0 radical (unpaired) electrons. The zero-order chi connectivity index (χ0) is 17.5. The fourth-order valence-electron chi connectivity index (χ4n) is 2.44. The predicted octanol–water partition coefficient (Wildman–Crippen LogP) is 1.36. The molecule has 23 heavy (non-hydrogen) atoms. The van der Waals surface area contributed by atoms with Crippen molar-refractivity contribution in [3.05, 3.63) is 0 Å². The molecule has 1 unspecified atom stereocenters. The van der Waals surface area contributed by atoms with Crippen molar-refractivity contribution >= 4 is 21.9 Å². The van der Waals surface area contributed by atoms with Crippen LogP contribution in [0.1, 0.15) is 33.6 Å². The number of ether oxygens (including phenoxy) is 5. The Kier molecular flexibility index (Phi) is 9.46. The van der Waals surface area contributed by atoms with Gasteiger partial charge in [0.05, 0.1) is 0 Å². The first-order valence-electron chi connectivity index (χ1n) is 7.98. The van der Waals surface area contributed by atoms with Gasteiger partial charge in [0.1, 0.15) is 0 Å². The van der Waals surface area contributed by atoms with E-state index in [2.05, 4.69) is 6.92 Å². The van der Waals surface area contributed by atoms with Crippen molar-refractivity contribution in [1.82, 2.24) is 0 Å². The van der Waals surface area contributed by atoms with Gasteiger partial charge in [-0.15, -0.1) is 0 Å². The van der Waals surface area contributed by atoms with Crippen LogP contribution in [0.25, 0.3) is 0 Å². The molecule has 1 aliphatic heterocycles. The zero-order valence-corrected chi connectivity index (χ0v) is 16.0. The normalized spacial score (nSPS) is 26.3. The SMILES string of the molecule is B#P(B)O[C@@H](C(OC)OC)[C@@H]1OC(C)(C)OC[C@@H]1OCCCC. The maximum atomic E-state index is 6.09. The Balaban J connectivity index is 2.95. The second kappa shape index (κ2) is 10.2. The first-order chi connectivity index (χ1) is 10.8. The van der Waals surface area contributed by atoms with E-state index in [0.29, 0.717) is 13.2 Å². The Hall–Kier alpha value is 0.190. The van der Waals surface area contributed by atoms with E-state index < -0.39 is 31.6 Å². The summed E-state index contributed by atoms with van der Waals surface area (Å²) in [6, 6.07) is 0.